The van der Waals surface area contributed by atoms with Gasteiger partial charge in [0.15, 0.2) is 0 Å². The van der Waals surface area contributed by atoms with Crippen molar-refractivity contribution in [2.75, 3.05) is 13.7 Å². The van der Waals surface area contributed by atoms with E-state index in [0.717, 1.165) is 5.56 Å². The first-order valence-corrected chi connectivity index (χ1v) is 7.63. The number of aliphatic hydroxyl groups excluding tert-OH is 1. The lowest BCUT2D eigenvalue weighted by Crippen LogP contribution is -2.41. The summed E-state index contributed by atoms with van der Waals surface area (Å²) in [7, 11) is 1.57. The van der Waals surface area contributed by atoms with Gasteiger partial charge in [0.25, 0.3) is 0 Å². The molecule has 0 heterocycles. The Kier molecular flexibility index (Phi) is 6.97. The van der Waals surface area contributed by atoms with Crippen LogP contribution in [-0.2, 0) is 6.54 Å². The largest absolute Gasteiger partial charge is 0.496 e. The number of hydrogen-bond acceptors (Lipinski definition) is 3. The van der Waals surface area contributed by atoms with Gasteiger partial charge < -0.3 is 20.5 Å². The molecule has 124 valence electrons. The molecule has 0 fully saturated rings. The SMILES string of the molecule is COc1ccc(Cl)cc1CNC(=O)NCC(C)(C)C[C@@H](C)O. The topological polar surface area (TPSA) is 70.6 Å². The average Bonchev–Trinajstić information content (AvgIpc) is 2.42. The molecule has 1 aromatic carbocycles. The highest BCUT2D eigenvalue weighted by Crippen LogP contribution is 2.23. The Morgan fingerprint density at radius 1 is 1.41 bits per heavy atom. The molecule has 0 saturated heterocycles. The molecule has 0 aromatic heterocycles. The molecular formula is C16H25ClN2O3. The number of amides is 2. The summed E-state index contributed by atoms with van der Waals surface area (Å²) in [5.41, 5.74) is 0.646. The summed E-state index contributed by atoms with van der Waals surface area (Å²) >= 11 is 5.95. The highest BCUT2D eigenvalue weighted by atomic mass is 35.5. The molecule has 0 spiro atoms. The number of nitrogens with one attached hydrogen (secondary N) is 2. The summed E-state index contributed by atoms with van der Waals surface area (Å²) in [5, 5.41) is 15.6. The summed E-state index contributed by atoms with van der Waals surface area (Å²) in [6.07, 6.45) is 0.227. The van der Waals surface area contributed by atoms with E-state index in [1.807, 2.05) is 13.8 Å². The quantitative estimate of drug-likeness (QED) is 0.720. The normalized spacial score (nSPS) is 12.6. The monoisotopic (exact) mass is 328 g/mol. The fourth-order valence-corrected chi connectivity index (χ4v) is 2.51. The Morgan fingerprint density at radius 2 is 2.09 bits per heavy atom. The molecular weight excluding hydrogens is 304 g/mol. The third-order valence-corrected chi connectivity index (χ3v) is 3.49. The number of urea groups is 1. The Hall–Kier alpha value is -1.46. The molecule has 0 unspecified atom stereocenters. The first-order valence-electron chi connectivity index (χ1n) is 7.26. The molecule has 0 aliphatic carbocycles. The minimum absolute atomic E-state index is 0.167. The zero-order valence-electron chi connectivity index (χ0n) is 13.6. The van der Waals surface area contributed by atoms with Crippen molar-refractivity contribution in [1.29, 1.82) is 0 Å². The van der Waals surface area contributed by atoms with Gasteiger partial charge in [-0.05, 0) is 37.0 Å². The van der Waals surface area contributed by atoms with Gasteiger partial charge in [-0.15, -0.1) is 0 Å². The van der Waals surface area contributed by atoms with Gasteiger partial charge in [0.1, 0.15) is 5.75 Å². The average molecular weight is 329 g/mol. The smallest absolute Gasteiger partial charge is 0.315 e. The van der Waals surface area contributed by atoms with E-state index >= 15 is 0 Å². The van der Waals surface area contributed by atoms with Crippen molar-refractivity contribution in [3.8, 4) is 5.75 Å². The van der Waals surface area contributed by atoms with E-state index in [0.29, 0.717) is 30.3 Å². The predicted molar refractivity (Wildman–Crippen MR) is 88.3 cm³/mol. The van der Waals surface area contributed by atoms with Crippen molar-refractivity contribution in [2.45, 2.75) is 39.8 Å². The number of hydrogen-bond donors (Lipinski definition) is 3. The molecule has 0 saturated carbocycles. The van der Waals surface area contributed by atoms with Crippen LogP contribution in [0.2, 0.25) is 5.02 Å². The van der Waals surface area contributed by atoms with Gasteiger partial charge >= 0.3 is 6.03 Å². The number of carbonyl (C=O) groups is 1. The maximum absolute atomic E-state index is 11.9. The number of ether oxygens (including phenoxy) is 1. The van der Waals surface area contributed by atoms with Gasteiger partial charge in [-0.3, -0.25) is 0 Å². The highest BCUT2D eigenvalue weighted by Gasteiger charge is 2.21. The second kappa shape index (κ2) is 8.25. The molecule has 3 N–H and O–H groups in total. The fraction of sp³-hybridized carbons (Fsp3) is 0.562. The first kappa shape index (κ1) is 18.6. The molecule has 22 heavy (non-hydrogen) atoms. The van der Waals surface area contributed by atoms with E-state index in [9.17, 15) is 9.90 Å². The second-order valence-electron chi connectivity index (χ2n) is 6.21. The second-order valence-corrected chi connectivity index (χ2v) is 6.65. The summed E-state index contributed by atoms with van der Waals surface area (Å²) in [5.74, 6) is 0.680. The van der Waals surface area contributed by atoms with E-state index in [-0.39, 0.29) is 11.4 Å². The molecule has 1 aromatic rings. The first-order chi connectivity index (χ1) is 10.2. The molecule has 5 nitrogen and oxygen atoms in total. The molecule has 1 rings (SSSR count). The van der Waals surface area contributed by atoms with Crippen LogP contribution < -0.4 is 15.4 Å². The number of methoxy groups -OCH3 is 1. The van der Waals surface area contributed by atoms with Gasteiger partial charge in [0, 0.05) is 23.7 Å². The van der Waals surface area contributed by atoms with Gasteiger partial charge in [-0.25, -0.2) is 4.79 Å². The number of carbonyl (C=O) groups excluding carboxylic acids is 1. The zero-order valence-corrected chi connectivity index (χ0v) is 14.3. The molecule has 0 aliphatic heterocycles. The number of aliphatic hydroxyl groups is 1. The van der Waals surface area contributed by atoms with Gasteiger partial charge in [-0.1, -0.05) is 25.4 Å². The third kappa shape index (κ3) is 6.54. The Balaban J connectivity index is 2.48. The summed E-state index contributed by atoms with van der Waals surface area (Å²) in [6.45, 7) is 6.55. The van der Waals surface area contributed by atoms with Crippen molar-refractivity contribution in [1.82, 2.24) is 10.6 Å². The fourth-order valence-electron chi connectivity index (χ4n) is 2.31. The van der Waals surface area contributed by atoms with Crippen LogP contribution in [0.15, 0.2) is 18.2 Å². The van der Waals surface area contributed by atoms with Crippen LogP contribution in [0.25, 0.3) is 0 Å². The van der Waals surface area contributed by atoms with Gasteiger partial charge in [0.05, 0.1) is 13.2 Å². The van der Waals surface area contributed by atoms with Crippen LogP contribution in [0.4, 0.5) is 4.79 Å². The van der Waals surface area contributed by atoms with Crippen molar-refractivity contribution < 1.29 is 14.6 Å². The van der Waals surface area contributed by atoms with Crippen LogP contribution in [0.1, 0.15) is 32.8 Å². The van der Waals surface area contributed by atoms with Gasteiger partial charge in [0.2, 0.25) is 0 Å². The minimum atomic E-state index is -0.393. The van der Waals surface area contributed by atoms with Crippen molar-refractivity contribution >= 4 is 17.6 Å². The molecule has 0 bridgehead atoms. The van der Waals surface area contributed by atoms with Gasteiger partial charge in [-0.2, -0.15) is 0 Å². The molecule has 0 radical (unpaired) electrons. The molecule has 2 amide bonds. The summed E-state index contributed by atoms with van der Waals surface area (Å²) in [6, 6.07) is 5.00. The lowest BCUT2D eigenvalue weighted by Gasteiger charge is -2.26. The van der Waals surface area contributed by atoms with Crippen LogP contribution in [0, 0.1) is 5.41 Å². The maximum Gasteiger partial charge on any atom is 0.315 e. The van der Waals surface area contributed by atoms with E-state index in [1.54, 1.807) is 32.2 Å². The standard InChI is InChI=1S/C16H25ClN2O3/c1-11(20)8-16(2,3)10-19-15(21)18-9-12-7-13(17)5-6-14(12)22-4/h5-7,11,20H,8-10H2,1-4H3,(H2,18,19,21)/t11-/m1/s1. The van der Waals surface area contributed by atoms with Crippen LogP contribution >= 0.6 is 11.6 Å². The van der Waals surface area contributed by atoms with Crippen molar-refractivity contribution in [2.24, 2.45) is 5.41 Å². The van der Waals surface area contributed by atoms with E-state index in [4.69, 9.17) is 16.3 Å². The number of benzene rings is 1. The third-order valence-electron chi connectivity index (χ3n) is 3.26. The Morgan fingerprint density at radius 3 is 2.68 bits per heavy atom. The number of rotatable bonds is 7. The lowest BCUT2D eigenvalue weighted by atomic mass is 9.87. The van der Waals surface area contributed by atoms with E-state index in [1.165, 1.54) is 0 Å². The Labute approximate surface area is 137 Å². The highest BCUT2D eigenvalue weighted by molar-refractivity contribution is 6.30. The predicted octanol–water partition coefficient (Wildman–Crippen LogP) is 2.94. The van der Waals surface area contributed by atoms with Crippen LogP contribution in [0.5, 0.6) is 5.75 Å². The van der Waals surface area contributed by atoms with E-state index in [2.05, 4.69) is 10.6 Å². The van der Waals surface area contributed by atoms with Crippen molar-refractivity contribution in [3.05, 3.63) is 28.8 Å². The lowest BCUT2D eigenvalue weighted by molar-refractivity contribution is 0.129. The zero-order chi connectivity index (χ0) is 16.8. The van der Waals surface area contributed by atoms with Crippen LogP contribution in [-0.4, -0.2) is 30.9 Å². The molecule has 1 atom stereocenters. The Bertz CT molecular complexity index is 504. The number of halogens is 1. The van der Waals surface area contributed by atoms with E-state index < -0.39 is 6.10 Å². The maximum atomic E-state index is 11.9. The minimum Gasteiger partial charge on any atom is -0.496 e. The van der Waals surface area contributed by atoms with Crippen LogP contribution in [0.3, 0.4) is 0 Å². The summed E-state index contributed by atoms with van der Waals surface area (Å²) in [4.78, 5) is 11.9. The summed E-state index contributed by atoms with van der Waals surface area (Å²) < 4.78 is 5.23. The molecule has 6 heteroatoms. The molecule has 0 aliphatic rings. The van der Waals surface area contributed by atoms with Crippen molar-refractivity contribution in [3.63, 3.8) is 0 Å².